The quantitative estimate of drug-likeness (QED) is 0.598. The van der Waals surface area contributed by atoms with E-state index in [2.05, 4.69) is 22.1 Å². The van der Waals surface area contributed by atoms with Gasteiger partial charge in [-0.1, -0.05) is 24.0 Å². The first kappa shape index (κ1) is 16.4. The lowest BCUT2D eigenvalue weighted by molar-refractivity contribution is 0.133. The molecule has 1 aliphatic carbocycles. The number of hydrogen-bond acceptors (Lipinski definition) is 5. The Morgan fingerprint density at radius 2 is 2.19 bits per heavy atom. The second kappa shape index (κ2) is 7.16. The minimum atomic E-state index is -2.80. The normalized spacial score (nSPS) is 25.6. The third kappa shape index (κ3) is 2.94. The summed E-state index contributed by atoms with van der Waals surface area (Å²) in [5.41, 5.74) is 1.23. The molecule has 3 aliphatic heterocycles. The minimum Gasteiger partial charge on any atom is -0.375 e. The number of anilines is 2. The molecule has 2 aromatic carbocycles. The number of nitrogens with one attached hydrogen (secondary N) is 1. The van der Waals surface area contributed by atoms with Gasteiger partial charge in [-0.2, -0.15) is 4.98 Å². The Morgan fingerprint density at radius 1 is 1.31 bits per heavy atom. The molecule has 3 fully saturated rings. The highest BCUT2D eigenvalue weighted by atomic mass is 19.1. The minimum absolute atomic E-state index is 0.0258. The highest BCUT2D eigenvalue weighted by Crippen LogP contribution is 2.43. The van der Waals surface area contributed by atoms with Crippen molar-refractivity contribution in [2.75, 3.05) is 24.6 Å². The molecule has 0 amide bonds. The number of aryl methyl sites for hydroxylation is 1. The van der Waals surface area contributed by atoms with Crippen LogP contribution in [-0.4, -0.2) is 34.8 Å². The number of nitrogens with zero attached hydrogens (tertiary/aromatic N) is 3. The zero-order valence-electron chi connectivity index (χ0n) is 20.3. The van der Waals surface area contributed by atoms with Crippen molar-refractivity contribution in [2.45, 2.75) is 25.0 Å². The molecule has 2 bridgehead atoms. The first-order valence-corrected chi connectivity index (χ1v) is 10.7. The summed E-state index contributed by atoms with van der Waals surface area (Å²) in [6.45, 7) is -0.859. The second-order valence-corrected chi connectivity index (χ2v) is 8.68. The van der Waals surface area contributed by atoms with Crippen molar-refractivity contribution < 1.29 is 13.2 Å². The molecule has 1 N–H and O–H groups in total. The molecule has 4 aliphatic rings. The van der Waals surface area contributed by atoms with Crippen LogP contribution >= 0.6 is 0 Å². The van der Waals surface area contributed by atoms with E-state index in [1.165, 1.54) is 18.2 Å². The van der Waals surface area contributed by atoms with Gasteiger partial charge >= 0.3 is 5.69 Å². The SMILES string of the molecule is [2H]C([2H])([2H])n1c(=O)nc(N2CCOCc3c(C#CC45CC(CN4)C5)cccc32)c2c(F)cccc21. The number of rotatable bonds is 1. The molecule has 0 unspecified atom stereocenters. The van der Waals surface area contributed by atoms with Crippen LogP contribution in [-0.2, 0) is 18.3 Å². The van der Waals surface area contributed by atoms with Crippen LogP contribution in [0.25, 0.3) is 10.9 Å². The molecule has 162 valence electrons. The van der Waals surface area contributed by atoms with E-state index in [0.29, 0.717) is 35.9 Å². The molecule has 1 saturated carbocycles. The molecular weight excluding hydrogens is 407 g/mol. The predicted octanol–water partition coefficient (Wildman–Crippen LogP) is 2.84. The number of aromatic nitrogens is 2. The molecule has 0 atom stereocenters. The molecule has 7 heteroatoms. The van der Waals surface area contributed by atoms with Crippen molar-refractivity contribution >= 4 is 22.4 Å². The number of fused-ring (bicyclic) bond motifs is 3. The van der Waals surface area contributed by atoms with Crippen LogP contribution in [0.4, 0.5) is 15.9 Å². The van der Waals surface area contributed by atoms with E-state index in [9.17, 15) is 4.79 Å². The standard InChI is InChI=1S/C25H23FN4O2/c1-29-21-7-3-5-19(26)22(21)23(28-24(29)31)30-10-11-32-15-18-17(4-2-6-20(18)30)8-9-25-12-16(13-25)14-27-25/h2-7,16,27H,10-15H2,1H3/i1D3. The van der Waals surface area contributed by atoms with Crippen molar-refractivity contribution in [2.24, 2.45) is 12.9 Å². The maximum Gasteiger partial charge on any atom is 0.349 e. The molecule has 4 heterocycles. The molecule has 0 spiro atoms. The number of benzene rings is 2. The van der Waals surface area contributed by atoms with E-state index in [0.717, 1.165) is 30.5 Å². The fourth-order valence-corrected chi connectivity index (χ4v) is 5.07. The zero-order valence-corrected chi connectivity index (χ0v) is 17.3. The summed E-state index contributed by atoms with van der Waals surface area (Å²) in [7, 11) is 0. The summed E-state index contributed by atoms with van der Waals surface area (Å²) < 4.78 is 44.9. The van der Waals surface area contributed by atoms with Gasteiger partial charge in [0.15, 0.2) is 5.82 Å². The van der Waals surface area contributed by atoms with Crippen LogP contribution in [0.2, 0.25) is 0 Å². The summed E-state index contributed by atoms with van der Waals surface area (Å²) in [6, 6.07) is 9.71. The van der Waals surface area contributed by atoms with Gasteiger partial charge in [0, 0.05) is 34.4 Å². The van der Waals surface area contributed by atoms with Crippen LogP contribution < -0.4 is 15.9 Å². The van der Waals surface area contributed by atoms with Gasteiger partial charge in [-0.25, -0.2) is 9.18 Å². The maximum absolute atomic E-state index is 15.2. The van der Waals surface area contributed by atoms with E-state index in [4.69, 9.17) is 8.85 Å². The Bertz CT molecular complexity index is 1460. The Kier molecular flexibility index (Phi) is 3.67. The third-order valence-electron chi connectivity index (χ3n) is 6.69. The van der Waals surface area contributed by atoms with Gasteiger partial charge in [-0.15, -0.1) is 0 Å². The van der Waals surface area contributed by atoms with E-state index in [1.54, 1.807) is 4.90 Å². The maximum atomic E-state index is 15.2. The molecule has 1 aromatic heterocycles. The average molecular weight is 434 g/mol. The summed E-state index contributed by atoms with van der Waals surface area (Å²) >= 11 is 0. The molecular formula is C25H23FN4O2. The average Bonchev–Trinajstić information content (AvgIpc) is 3.31. The van der Waals surface area contributed by atoms with Crippen molar-refractivity contribution in [3.8, 4) is 11.8 Å². The molecule has 32 heavy (non-hydrogen) atoms. The van der Waals surface area contributed by atoms with E-state index >= 15 is 4.39 Å². The van der Waals surface area contributed by atoms with Gasteiger partial charge in [-0.05, 0) is 49.6 Å². The number of halogens is 1. The molecule has 3 aromatic rings. The van der Waals surface area contributed by atoms with E-state index in [1.807, 2.05) is 18.2 Å². The van der Waals surface area contributed by atoms with Crippen molar-refractivity contribution in [3.05, 3.63) is 63.8 Å². The largest absolute Gasteiger partial charge is 0.375 e. The van der Waals surface area contributed by atoms with Crippen LogP contribution in [0.3, 0.4) is 0 Å². The van der Waals surface area contributed by atoms with Crippen molar-refractivity contribution in [1.82, 2.24) is 14.9 Å². The van der Waals surface area contributed by atoms with Gasteiger partial charge < -0.3 is 15.0 Å². The van der Waals surface area contributed by atoms with Gasteiger partial charge in [0.1, 0.15) is 5.82 Å². The summed E-state index contributed by atoms with van der Waals surface area (Å²) in [4.78, 5) is 18.7. The van der Waals surface area contributed by atoms with Crippen LogP contribution in [0, 0.1) is 23.6 Å². The Hall–Kier alpha value is -3.21. The summed E-state index contributed by atoms with van der Waals surface area (Å²) in [5.74, 6) is 6.86. The Labute approximate surface area is 189 Å². The lowest BCUT2D eigenvalue weighted by Gasteiger charge is -2.32. The van der Waals surface area contributed by atoms with Gasteiger partial charge in [-0.3, -0.25) is 4.57 Å². The lowest BCUT2D eigenvalue weighted by Crippen LogP contribution is -2.41. The molecule has 6 nitrogen and oxygen atoms in total. The topological polar surface area (TPSA) is 59.4 Å². The summed E-state index contributed by atoms with van der Waals surface area (Å²) in [6.07, 6.45) is 2.12. The molecule has 7 rings (SSSR count). The zero-order chi connectivity index (χ0) is 24.4. The van der Waals surface area contributed by atoms with Gasteiger partial charge in [0.25, 0.3) is 0 Å². The van der Waals surface area contributed by atoms with E-state index in [-0.39, 0.29) is 22.3 Å². The van der Waals surface area contributed by atoms with Crippen LogP contribution in [0.15, 0.2) is 41.2 Å². The van der Waals surface area contributed by atoms with E-state index < -0.39 is 18.5 Å². The van der Waals surface area contributed by atoms with Crippen molar-refractivity contribution in [3.63, 3.8) is 0 Å². The van der Waals surface area contributed by atoms with Gasteiger partial charge in [0.05, 0.1) is 29.7 Å². The lowest BCUT2D eigenvalue weighted by atomic mass is 9.74. The van der Waals surface area contributed by atoms with Crippen LogP contribution in [0.5, 0.6) is 0 Å². The van der Waals surface area contributed by atoms with Crippen LogP contribution in [0.1, 0.15) is 28.1 Å². The Morgan fingerprint density at radius 3 is 3.00 bits per heavy atom. The number of ether oxygens (including phenoxy) is 1. The summed E-state index contributed by atoms with van der Waals surface area (Å²) in [5, 5.41) is 3.48. The first-order chi connectivity index (χ1) is 16.8. The molecule has 0 radical (unpaired) electrons. The fraction of sp³-hybridized carbons (Fsp3) is 0.360. The predicted molar refractivity (Wildman–Crippen MR) is 120 cm³/mol. The smallest absolute Gasteiger partial charge is 0.349 e. The number of hydrogen-bond donors (Lipinski definition) is 1. The van der Waals surface area contributed by atoms with Crippen molar-refractivity contribution in [1.29, 1.82) is 0 Å². The highest BCUT2D eigenvalue weighted by Gasteiger charge is 2.49. The molecule has 2 saturated heterocycles. The second-order valence-electron chi connectivity index (χ2n) is 8.68. The Balaban J connectivity index is 1.52. The monoisotopic (exact) mass is 433 g/mol. The van der Waals surface area contributed by atoms with Gasteiger partial charge in [0.2, 0.25) is 0 Å². The third-order valence-corrected chi connectivity index (χ3v) is 6.69. The highest BCUT2D eigenvalue weighted by molar-refractivity contribution is 5.92. The first-order valence-electron chi connectivity index (χ1n) is 12.2. The fourth-order valence-electron chi connectivity index (χ4n) is 5.07.